The Morgan fingerprint density at radius 3 is 2.94 bits per heavy atom. The molecule has 0 spiro atoms. The molecule has 0 fully saturated rings. The van der Waals surface area contributed by atoms with Gasteiger partial charge in [-0.1, -0.05) is 23.7 Å². The fraction of sp³-hybridized carbons (Fsp3) is 0.250. The summed E-state index contributed by atoms with van der Waals surface area (Å²) in [6, 6.07) is 7.58. The third kappa shape index (κ3) is 3.30. The zero-order valence-electron chi connectivity index (χ0n) is 8.64. The Balaban J connectivity index is 1.94. The van der Waals surface area contributed by atoms with Crippen molar-refractivity contribution in [1.29, 1.82) is 0 Å². The fourth-order valence-electron chi connectivity index (χ4n) is 1.56. The number of benzene rings is 1. The van der Waals surface area contributed by atoms with Crippen molar-refractivity contribution < 1.29 is 5.11 Å². The lowest BCUT2D eigenvalue weighted by atomic mass is 10.1. The molecule has 0 saturated carbocycles. The van der Waals surface area contributed by atoms with E-state index in [1.807, 2.05) is 29.6 Å². The molecule has 0 bridgehead atoms. The molecule has 1 aromatic heterocycles. The molecule has 0 saturated heterocycles. The first-order valence-electron chi connectivity index (χ1n) is 5.05. The molecule has 0 radical (unpaired) electrons. The summed E-state index contributed by atoms with van der Waals surface area (Å²) in [6.45, 7) is 0. The summed E-state index contributed by atoms with van der Waals surface area (Å²) in [5, 5.41) is 13.5. The molecule has 0 amide bonds. The number of thiazole rings is 1. The molecule has 1 unspecified atom stereocenters. The second-order valence-electron chi connectivity index (χ2n) is 3.62. The van der Waals surface area contributed by atoms with Gasteiger partial charge in [-0.05, 0) is 24.1 Å². The number of halogens is 1. The van der Waals surface area contributed by atoms with Gasteiger partial charge in [0.25, 0.3) is 0 Å². The predicted octanol–water partition coefficient (Wildman–Crippen LogP) is 2.94. The van der Waals surface area contributed by atoms with E-state index in [0.717, 1.165) is 10.6 Å². The summed E-state index contributed by atoms with van der Waals surface area (Å²) in [7, 11) is 0. The number of aliphatic hydroxyl groups excluding tert-OH is 1. The Morgan fingerprint density at radius 1 is 1.38 bits per heavy atom. The number of hydrogen-bond acceptors (Lipinski definition) is 3. The monoisotopic (exact) mass is 253 g/mol. The molecular weight excluding hydrogens is 242 g/mol. The van der Waals surface area contributed by atoms with Gasteiger partial charge in [-0.15, -0.1) is 11.3 Å². The second kappa shape index (κ2) is 5.43. The zero-order chi connectivity index (χ0) is 11.4. The summed E-state index contributed by atoms with van der Waals surface area (Å²) in [5.74, 6) is 0. The standard InChI is InChI=1S/C12H12ClNOS/c13-10-3-1-2-9(6-10)7-11(15)8-12-14-4-5-16-12/h1-6,11,15H,7-8H2. The highest BCUT2D eigenvalue weighted by Crippen LogP contribution is 2.14. The number of rotatable bonds is 4. The highest BCUT2D eigenvalue weighted by atomic mass is 35.5. The molecule has 1 heterocycles. The molecule has 2 rings (SSSR count). The second-order valence-corrected chi connectivity index (χ2v) is 5.03. The molecule has 1 aromatic carbocycles. The number of aliphatic hydroxyl groups is 1. The smallest absolute Gasteiger partial charge is 0.0950 e. The summed E-state index contributed by atoms with van der Waals surface area (Å²) in [5.41, 5.74) is 1.05. The largest absolute Gasteiger partial charge is 0.392 e. The third-order valence-corrected chi connectivity index (χ3v) is 3.29. The van der Waals surface area contributed by atoms with Crippen molar-refractivity contribution in [2.45, 2.75) is 18.9 Å². The van der Waals surface area contributed by atoms with E-state index in [1.165, 1.54) is 0 Å². The molecule has 1 atom stereocenters. The van der Waals surface area contributed by atoms with E-state index in [4.69, 9.17) is 11.6 Å². The molecule has 2 aromatic rings. The average molecular weight is 254 g/mol. The Hall–Kier alpha value is -0.900. The molecule has 84 valence electrons. The van der Waals surface area contributed by atoms with Crippen LogP contribution in [-0.4, -0.2) is 16.2 Å². The zero-order valence-corrected chi connectivity index (χ0v) is 10.2. The Bertz CT molecular complexity index is 444. The summed E-state index contributed by atoms with van der Waals surface area (Å²) in [4.78, 5) is 4.15. The van der Waals surface area contributed by atoms with Crippen LogP contribution in [0.1, 0.15) is 10.6 Å². The Labute approximate surface area is 104 Å². The van der Waals surface area contributed by atoms with Crippen LogP contribution in [-0.2, 0) is 12.8 Å². The molecule has 0 aliphatic carbocycles. The van der Waals surface area contributed by atoms with Crippen LogP contribution >= 0.6 is 22.9 Å². The van der Waals surface area contributed by atoms with Crippen molar-refractivity contribution in [3.8, 4) is 0 Å². The van der Waals surface area contributed by atoms with Crippen LogP contribution in [0.5, 0.6) is 0 Å². The van der Waals surface area contributed by atoms with Gasteiger partial charge in [0.2, 0.25) is 0 Å². The first-order valence-corrected chi connectivity index (χ1v) is 6.30. The van der Waals surface area contributed by atoms with Gasteiger partial charge in [0.1, 0.15) is 0 Å². The van der Waals surface area contributed by atoms with Crippen molar-refractivity contribution in [3.63, 3.8) is 0 Å². The molecule has 0 aliphatic heterocycles. The van der Waals surface area contributed by atoms with Crippen molar-refractivity contribution in [3.05, 3.63) is 51.4 Å². The lowest BCUT2D eigenvalue weighted by Gasteiger charge is -2.08. The van der Waals surface area contributed by atoms with Crippen molar-refractivity contribution in [2.24, 2.45) is 0 Å². The van der Waals surface area contributed by atoms with E-state index in [-0.39, 0.29) is 0 Å². The average Bonchev–Trinajstić information content (AvgIpc) is 2.70. The molecular formula is C12H12ClNOS. The predicted molar refractivity (Wildman–Crippen MR) is 67.0 cm³/mol. The molecule has 16 heavy (non-hydrogen) atoms. The summed E-state index contributed by atoms with van der Waals surface area (Å²) in [6.07, 6.45) is 2.57. The van der Waals surface area contributed by atoms with E-state index in [1.54, 1.807) is 17.5 Å². The van der Waals surface area contributed by atoms with Gasteiger partial charge in [0, 0.05) is 23.0 Å². The van der Waals surface area contributed by atoms with E-state index in [0.29, 0.717) is 17.9 Å². The minimum Gasteiger partial charge on any atom is -0.392 e. The van der Waals surface area contributed by atoms with Crippen LogP contribution in [0.15, 0.2) is 35.8 Å². The van der Waals surface area contributed by atoms with Crippen molar-refractivity contribution >= 4 is 22.9 Å². The minimum atomic E-state index is -0.399. The van der Waals surface area contributed by atoms with Crippen LogP contribution in [0.2, 0.25) is 5.02 Å². The SMILES string of the molecule is OC(Cc1cccc(Cl)c1)Cc1nccs1. The minimum absolute atomic E-state index is 0.399. The van der Waals surface area contributed by atoms with Gasteiger partial charge in [-0.2, -0.15) is 0 Å². The normalized spacial score (nSPS) is 12.6. The Morgan fingerprint density at radius 2 is 2.25 bits per heavy atom. The molecule has 4 heteroatoms. The maximum Gasteiger partial charge on any atom is 0.0950 e. The van der Waals surface area contributed by atoms with Crippen LogP contribution in [0.3, 0.4) is 0 Å². The third-order valence-electron chi connectivity index (χ3n) is 2.25. The van der Waals surface area contributed by atoms with Crippen LogP contribution in [0.4, 0.5) is 0 Å². The lowest BCUT2D eigenvalue weighted by Crippen LogP contribution is -2.13. The van der Waals surface area contributed by atoms with Gasteiger partial charge in [0.15, 0.2) is 0 Å². The molecule has 2 nitrogen and oxygen atoms in total. The highest BCUT2D eigenvalue weighted by Gasteiger charge is 2.08. The number of hydrogen-bond donors (Lipinski definition) is 1. The van der Waals surface area contributed by atoms with Crippen LogP contribution < -0.4 is 0 Å². The van der Waals surface area contributed by atoms with E-state index >= 15 is 0 Å². The van der Waals surface area contributed by atoms with E-state index < -0.39 is 6.10 Å². The highest BCUT2D eigenvalue weighted by molar-refractivity contribution is 7.09. The van der Waals surface area contributed by atoms with Gasteiger partial charge in [-0.25, -0.2) is 4.98 Å². The van der Waals surface area contributed by atoms with Gasteiger partial charge in [0.05, 0.1) is 11.1 Å². The summed E-state index contributed by atoms with van der Waals surface area (Å²) < 4.78 is 0. The van der Waals surface area contributed by atoms with Crippen molar-refractivity contribution in [1.82, 2.24) is 4.98 Å². The van der Waals surface area contributed by atoms with Gasteiger partial charge < -0.3 is 5.11 Å². The first kappa shape index (κ1) is 11.6. The van der Waals surface area contributed by atoms with Crippen LogP contribution in [0.25, 0.3) is 0 Å². The maximum absolute atomic E-state index is 9.89. The number of nitrogens with zero attached hydrogens (tertiary/aromatic N) is 1. The van der Waals surface area contributed by atoms with Crippen LogP contribution in [0, 0.1) is 0 Å². The lowest BCUT2D eigenvalue weighted by molar-refractivity contribution is 0.175. The summed E-state index contributed by atoms with van der Waals surface area (Å²) >= 11 is 7.45. The maximum atomic E-state index is 9.89. The van der Waals surface area contributed by atoms with Gasteiger partial charge in [-0.3, -0.25) is 0 Å². The van der Waals surface area contributed by atoms with Gasteiger partial charge >= 0.3 is 0 Å². The first-order chi connectivity index (χ1) is 7.74. The van der Waals surface area contributed by atoms with E-state index in [9.17, 15) is 5.11 Å². The Kier molecular flexibility index (Phi) is 3.93. The molecule has 0 aliphatic rings. The quantitative estimate of drug-likeness (QED) is 0.909. The number of aromatic nitrogens is 1. The fourth-order valence-corrected chi connectivity index (χ4v) is 2.47. The topological polar surface area (TPSA) is 33.1 Å². The molecule has 1 N–H and O–H groups in total. The van der Waals surface area contributed by atoms with E-state index in [2.05, 4.69) is 4.98 Å². The van der Waals surface area contributed by atoms with Crippen molar-refractivity contribution in [2.75, 3.05) is 0 Å².